The summed E-state index contributed by atoms with van der Waals surface area (Å²) in [6.07, 6.45) is 0. The quantitative estimate of drug-likeness (QED) is 0.706. The molecule has 0 saturated carbocycles. The van der Waals surface area contributed by atoms with Gasteiger partial charge in [0.05, 0.1) is 19.0 Å². The molecule has 1 unspecified atom stereocenters. The number of ether oxygens (including phenoxy) is 2. The first-order valence-corrected chi connectivity index (χ1v) is 7.48. The largest absolute Gasteiger partial charge is 0.497 e. The summed E-state index contributed by atoms with van der Waals surface area (Å²) in [7, 11) is 3.30. The second-order valence-electron chi connectivity index (χ2n) is 4.50. The summed E-state index contributed by atoms with van der Waals surface area (Å²) in [6.45, 7) is 2.05. The van der Waals surface area contributed by atoms with E-state index in [9.17, 15) is 0 Å². The van der Waals surface area contributed by atoms with Crippen molar-refractivity contribution in [3.63, 3.8) is 0 Å². The van der Waals surface area contributed by atoms with Crippen LogP contribution in [-0.2, 0) is 0 Å². The first kappa shape index (κ1) is 15.2. The number of halogens is 2. The first-order valence-electron chi connectivity index (χ1n) is 6.19. The SMILES string of the molecule is COc1ccc(C(Br)c2cc(C)ccc2OC)c(Cl)c1. The van der Waals surface area contributed by atoms with Crippen LogP contribution in [-0.4, -0.2) is 14.2 Å². The highest BCUT2D eigenvalue weighted by molar-refractivity contribution is 9.09. The maximum atomic E-state index is 6.34. The Kier molecular flexibility index (Phi) is 4.95. The summed E-state index contributed by atoms with van der Waals surface area (Å²) in [6, 6.07) is 11.8. The van der Waals surface area contributed by atoms with Gasteiger partial charge in [0.2, 0.25) is 0 Å². The molecule has 1 atom stereocenters. The van der Waals surface area contributed by atoms with Crippen molar-refractivity contribution in [1.82, 2.24) is 0 Å². The molecule has 0 heterocycles. The van der Waals surface area contributed by atoms with Crippen LogP contribution in [0.1, 0.15) is 21.5 Å². The van der Waals surface area contributed by atoms with E-state index in [1.165, 1.54) is 5.56 Å². The molecular weight excluding hydrogens is 340 g/mol. The molecule has 20 heavy (non-hydrogen) atoms. The standard InChI is InChI=1S/C16H16BrClO2/c1-10-4-7-15(20-3)13(8-10)16(17)12-6-5-11(19-2)9-14(12)18/h4-9,16H,1-3H3. The molecule has 0 aliphatic carbocycles. The van der Waals surface area contributed by atoms with E-state index in [0.717, 1.165) is 22.6 Å². The second kappa shape index (κ2) is 6.51. The van der Waals surface area contributed by atoms with Crippen LogP contribution >= 0.6 is 27.5 Å². The minimum atomic E-state index is -0.0317. The van der Waals surface area contributed by atoms with Gasteiger partial charge in [0.1, 0.15) is 11.5 Å². The lowest BCUT2D eigenvalue weighted by molar-refractivity contribution is 0.410. The van der Waals surface area contributed by atoms with E-state index in [1.807, 2.05) is 30.3 Å². The highest BCUT2D eigenvalue weighted by Crippen LogP contribution is 2.40. The van der Waals surface area contributed by atoms with Gasteiger partial charge in [0.25, 0.3) is 0 Å². The van der Waals surface area contributed by atoms with Gasteiger partial charge >= 0.3 is 0 Å². The molecule has 106 valence electrons. The maximum Gasteiger partial charge on any atom is 0.123 e. The van der Waals surface area contributed by atoms with Crippen molar-refractivity contribution in [3.05, 3.63) is 58.1 Å². The molecule has 0 fully saturated rings. The molecule has 0 bridgehead atoms. The Morgan fingerprint density at radius 3 is 2.35 bits per heavy atom. The predicted octanol–water partition coefficient (Wildman–Crippen LogP) is 5.15. The third-order valence-electron chi connectivity index (χ3n) is 3.14. The van der Waals surface area contributed by atoms with E-state index in [-0.39, 0.29) is 4.83 Å². The highest BCUT2D eigenvalue weighted by Gasteiger charge is 2.18. The second-order valence-corrected chi connectivity index (χ2v) is 5.82. The number of hydrogen-bond donors (Lipinski definition) is 0. The summed E-state index contributed by atoms with van der Waals surface area (Å²) < 4.78 is 10.6. The summed E-state index contributed by atoms with van der Waals surface area (Å²) in [5.41, 5.74) is 3.21. The zero-order chi connectivity index (χ0) is 14.7. The van der Waals surface area contributed by atoms with Gasteiger partial charge in [0.15, 0.2) is 0 Å². The average Bonchev–Trinajstić information content (AvgIpc) is 2.46. The van der Waals surface area contributed by atoms with Crippen LogP contribution in [0, 0.1) is 6.92 Å². The van der Waals surface area contributed by atoms with E-state index in [4.69, 9.17) is 21.1 Å². The molecule has 4 heteroatoms. The molecule has 2 aromatic carbocycles. The number of aryl methyl sites for hydroxylation is 1. The molecule has 0 aliphatic rings. The van der Waals surface area contributed by atoms with Crippen molar-refractivity contribution >= 4 is 27.5 Å². The van der Waals surface area contributed by atoms with Gasteiger partial charge in [-0.1, -0.05) is 51.3 Å². The Hall–Kier alpha value is -1.19. The van der Waals surface area contributed by atoms with Crippen LogP contribution in [0.4, 0.5) is 0 Å². The zero-order valence-corrected chi connectivity index (χ0v) is 14.0. The van der Waals surface area contributed by atoms with Crippen molar-refractivity contribution in [1.29, 1.82) is 0 Å². The van der Waals surface area contributed by atoms with Crippen molar-refractivity contribution in [2.24, 2.45) is 0 Å². The number of rotatable bonds is 4. The molecule has 0 aromatic heterocycles. The Morgan fingerprint density at radius 1 is 1.00 bits per heavy atom. The number of hydrogen-bond acceptors (Lipinski definition) is 2. The van der Waals surface area contributed by atoms with Crippen molar-refractivity contribution < 1.29 is 9.47 Å². The minimum Gasteiger partial charge on any atom is -0.497 e. The Bertz CT molecular complexity index is 613. The summed E-state index contributed by atoms with van der Waals surface area (Å²) in [5.74, 6) is 1.58. The third-order valence-corrected chi connectivity index (χ3v) is 4.45. The summed E-state index contributed by atoms with van der Waals surface area (Å²) in [4.78, 5) is -0.0317. The molecule has 0 radical (unpaired) electrons. The van der Waals surface area contributed by atoms with Gasteiger partial charge in [-0.3, -0.25) is 0 Å². The van der Waals surface area contributed by atoms with E-state index < -0.39 is 0 Å². The lowest BCUT2D eigenvalue weighted by atomic mass is 10.0. The van der Waals surface area contributed by atoms with Crippen LogP contribution in [0.5, 0.6) is 11.5 Å². The van der Waals surface area contributed by atoms with Gasteiger partial charge in [0, 0.05) is 10.6 Å². The summed E-state index contributed by atoms with van der Waals surface area (Å²) >= 11 is 10.0. The molecule has 0 spiro atoms. The molecule has 2 rings (SSSR count). The lowest BCUT2D eigenvalue weighted by Gasteiger charge is -2.17. The topological polar surface area (TPSA) is 18.5 Å². The summed E-state index contributed by atoms with van der Waals surface area (Å²) in [5, 5.41) is 0.662. The molecular formula is C16H16BrClO2. The maximum absolute atomic E-state index is 6.34. The van der Waals surface area contributed by atoms with E-state index >= 15 is 0 Å². The fraction of sp³-hybridized carbons (Fsp3) is 0.250. The third kappa shape index (κ3) is 3.10. The van der Waals surface area contributed by atoms with Gasteiger partial charge in [-0.2, -0.15) is 0 Å². The molecule has 2 nitrogen and oxygen atoms in total. The Balaban J connectivity index is 2.45. The van der Waals surface area contributed by atoms with Crippen molar-refractivity contribution in [3.8, 4) is 11.5 Å². The number of alkyl halides is 1. The fourth-order valence-corrected chi connectivity index (χ4v) is 3.23. The van der Waals surface area contributed by atoms with Crippen molar-refractivity contribution in [2.45, 2.75) is 11.8 Å². The number of methoxy groups -OCH3 is 2. The number of benzene rings is 2. The molecule has 0 N–H and O–H groups in total. The lowest BCUT2D eigenvalue weighted by Crippen LogP contribution is -1.99. The zero-order valence-electron chi connectivity index (χ0n) is 11.6. The average molecular weight is 356 g/mol. The van der Waals surface area contributed by atoms with Crippen LogP contribution < -0.4 is 9.47 Å². The van der Waals surface area contributed by atoms with Crippen molar-refractivity contribution in [2.75, 3.05) is 14.2 Å². The smallest absolute Gasteiger partial charge is 0.123 e. The van der Waals surface area contributed by atoms with Crippen LogP contribution in [0.2, 0.25) is 5.02 Å². The van der Waals surface area contributed by atoms with E-state index in [0.29, 0.717) is 5.02 Å². The fourth-order valence-electron chi connectivity index (χ4n) is 2.06. The minimum absolute atomic E-state index is 0.0317. The van der Waals surface area contributed by atoms with Gasteiger partial charge in [-0.25, -0.2) is 0 Å². The molecule has 2 aromatic rings. The Labute approximate surface area is 132 Å². The van der Waals surface area contributed by atoms with Crippen LogP contribution in [0.15, 0.2) is 36.4 Å². The molecule has 0 aliphatic heterocycles. The Morgan fingerprint density at radius 2 is 1.75 bits per heavy atom. The van der Waals surface area contributed by atoms with E-state index in [2.05, 4.69) is 28.9 Å². The monoisotopic (exact) mass is 354 g/mol. The molecule has 0 amide bonds. The van der Waals surface area contributed by atoms with Crippen LogP contribution in [0.3, 0.4) is 0 Å². The molecule has 0 saturated heterocycles. The first-order chi connectivity index (χ1) is 9.56. The normalized spacial score (nSPS) is 12.1. The van der Waals surface area contributed by atoms with Crippen LogP contribution in [0.25, 0.3) is 0 Å². The predicted molar refractivity (Wildman–Crippen MR) is 86.5 cm³/mol. The van der Waals surface area contributed by atoms with Gasteiger partial charge in [-0.15, -0.1) is 0 Å². The van der Waals surface area contributed by atoms with Gasteiger partial charge in [-0.05, 0) is 30.7 Å². The van der Waals surface area contributed by atoms with E-state index in [1.54, 1.807) is 14.2 Å². The van der Waals surface area contributed by atoms with Gasteiger partial charge < -0.3 is 9.47 Å². The highest BCUT2D eigenvalue weighted by atomic mass is 79.9.